The maximum atomic E-state index is 5.01. The van der Waals surface area contributed by atoms with Gasteiger partial charge in [0.05, 0.1) is 7.11 Å². The number of hydrogen-bond acceptors (Lipinski definition) is 1. The molecular weight excluding hydrogens is 136 g/mol. The summed E-state index contributed by atoms with van der Waals surface area (Å²) in [6, 6.07) is 7.86. The third kappa shape index (κ3) is 2.11. The molecule has 57 valence electrons. The third-order valence-electron chi connectivity index (χ3n) is 1.43. The fourth-order valence-electron chi connectivity index (χ4n) is 0.867. The summed E-state index contributed by atoms with van der Waals surface area (Å²) in [5.41, 5.74) is 1.15. The lowest BCUT2D eigenvalue weighted by molar-refractivity contribution is 0.415. The van der Waals surface area contributed by atoms with E-state index in [0.717, 1.165) is 11.3 Å². The topological polar surface area (TPSA) is 9.23 Å². The Bertz CT molecular complexity index is 234. The van der Waals surface area contributed by atoms with Gasteiger partial charge in [0.15, 0.2) is 0 Å². The van der Waals surface area contributed by atoms with Crippen molar-refractivity contribution >= 4 is 6.08 Å². The van der Waals surface area contributed by atoms with Crippen molar-refractivity contribution in [2.45, 2.75) is 6.92 Å². The van der Waals surface area contributed by atoms with E-state index in [1.165, 1.54) is 0 Å². The van der Waals surface area contributed by atoms with E-state index in [-0.39, 0.29) is 0 Å². The van der Waals surface area contributed by atoms with E-state index in [2.05, 4.69) is 6.08 Å². The van der Waals surface area contributed by atoms with Gasteiger partial charge in [-0.25, -0.2) is 0 Å². The van der Waals surface area contributed by atoms with Crippen molar-refractivity contribution in [1.82, 2.24) is 0 Å². The summed E-state index contributed by atoms with van der Waals surface area (Å²) < 4.78 is 5.01. The summed E-state index contributed by atoms with van der Waals surface area (Å²) >= 11 is 0. The SMILES string of the molecule is C/[C]=C\c1ccc(OC)cc1. The molecule has 11 heavy (non-hydrogen) atoms. The van der Waals surface area contributed by atoms with Gasteiger partial charge < -0.3 is 4.74 Å². The summed E-state index contributed by atoms with van der Waals surface area (Å²) in [6.07, 6.45) is 4.89. The van der Waals surface area contributed by atoms with Crippen molar-refractivity contribution < 1.29 is 4.74 Å². The molecule has 0 unspecified atom stereocenters. The Morgan fingerprint density at radius 2 is 1.91 bits per heavy atom. The molecule has 1 heteroatoms. The predicted octanol–water partition coefficient (Wildman–Crippen LogP) is 2.53. The van der Waals surface area contributed by atoms with Gasteiger partial charge in [-0.1, -0.05) is 18.2 Å². The number of ether oxygens (including phenoxy) is 1. The fourth-order valence-corrected chi connectivity index (χ4v) is 0.867. The van der Waals surface area contributed by atoms with E-state index in [9.17, 15) is 0 Å². The zero-order chi connectivity index (χ0) is 8.10. The Morgan fingerprint density at radius 3 is 2.36 bits per heavy atom. The van der Waals surface area contributed by atoms with Crippen LogP contribution in [0.2, 0.25) is 0 Å². The first-order valence-corrected chi connectivity index (χ1v) is 3.51. The van der Waals surface area contributed by atoms with Crippen molar-refractivity contribution in [2.24, 2.45) is 0 Å². The van der Waals surface area contributed by atoms with Gasteiger partial charge in [-0.15, -0.1) is 0 Å². The second-order valence-corrected chi connectivity index (χ2v) is 2.21. The first-order valence-electron chi connectivity index (χ1n) is 3.51. The fraction of sp³-hybridized carbons (Fsp3) is 0.200. The Morgan fingerprint density at radius 1 is 1.27 bits per heavy atom. The molecule has 0 aromatic heterocycles. The van der Waals surface area contributed by atoms with Crippen LogP contribution in [0.5, 0.6) is 5.75 Å². The average molecular weight is 147 g/mol. The molecule has 0 amide bonds. The largest absolute Gasteiger partial charge is 0.497 e. The van der Waals surface area contributed by atoms with Gasteiger partial charge in [-0.2, -0.15) is 0 Å². The highest BCUT2D eigenvalue weighted by Crippen LogP contribution is 2.11. The van der Waals surface area contributed by atoms with Gasteiger partial charge in [0.1, 0.15) is 5.75 Å². The van der Waals surface area contributed by atoms with Crippen molar-refractivity contribution in [2.75, 3.05) is 7.11 Å². The van der Waals surface area contributed by atoms with Crippen LogP contribution >= 0.6 is 0 Å². The van der Waals surface area contributed by atoms with E-state index in [1.54, 1.807) is 7.11 Å². The van der Waals surface area contributed by atoms with Crippen LogP contribution in [-0.4, -0.2) is 7.11 Å². The summed E-state index contributed by atoms with van der Waals surface area (Å²) in [5, 5.41) is 0. The normalized spacial score (nSPS) is 10.4. The van der Waals surface area contributed by atoms with Crippen LogP contribution < -0.4 is 4.74 Å². The molecule has 1 nitrogen and oxygen atoms in total. The molecular formula is C10H11O. The molecule has 0 aliphatic heterocycles. The minimum Gasteiger partial charge on any atom is -0.497 e. The van der Waals surface area contributed by atoms with E-state index in [4.69, 9.17) is 4.74 Å². The van der Waals surface area contributed by atoms with Gasteiger partial charge in [0.2, 0.25) is 0 Å². The number of hydrogen-bond donors (Lipinski definition) is 0. The maximum absolute atomic E-state index is 5.01. The predicted molar refractivity (Wildman–Crippen MR) is 46.4 cm³/mol. The molecule has 1 rings (SSSR count). The first kappa shape index (κ1) is 7.86. The Kier molecular flexibility index (Phi) is 2.73. The van der Waals surface area contributed by atoms with Gasteiger partial charge >= 0.3 is 0 Å². The summed E-state index contributed by atoms with van der Waals surface area (Å²) in [4.78, 5) is 0. The monoisotopic (exact) mass is 147 g/mol. The molecule has 0 saturated heterocycles. The maximum Gasteiger partial charge on any atom is 0.118 e. The van der Waals surface area contributed by atoms with Crippen molar-refractivity contribution in [3.8, 4) is 5.75 Å². The molecule has 0 bridgehead atoms. The first-order chi connectivity index (χ1) is 5.36. The van der Waals surface area contributed by atoms with Crippen LogP contribution in [0.3, 0.4) is 0 Å². The number of rotatable bonds is 2. The number of benzene rings is 1. The van der Waals surface area contributed by atoms with Gasteiger partial charge in [0, 0.05) is 0 Å². The van der Waals surface area contributed by atoms with Crippen molar-refractivity contribution in [1.29, 1.82) is 0 Å². The van der Waals surface area contributed by atoms with Crippen LogP contribution in [0.15, 0.2) is 24.3 Å². The van der Waals surface area contributed by atoms with Crippen LogP contribution in [0.25, 0.3) is 6.08 Å². The lowest BCUT2D eigenvalue weighted by Gasteiger charge is -1.98. The zero-order valence-corrected chi connectivity index (χ0v) is 6.79. The smallest absolute Gasteiger partial charge is 0.118 e. The molecule has 0 spiro atoms. The van der Waals surface area contributed by atoms with Crippen LogP contribution in [-0.2, 0) is 0 Å². The van der Waals surface area contributed by atoms with E-state index in [1.807, 2.05) is 37.3 Å². The second kappa shape index (κ2) is 3.81. The molecule has 0 aliphatic carbocycles. The molecule has 0 aliphatic rings. The lowest BCUT2D eigenvalue weighted by Crippen LogP contribution is -1.80. The Hall–Kier alpha value is -1.24. The highest BCUT2D eigenvalue weighted by Gasteiger charge is 1.88. The second-order valence-electron chi connectivity index (χ2n) is 2.21. The molecule has 1 aromatic carbocycles. The van der Waals surface area contributed by atoms with Gasteiger partial charge in [-0.05, 0) is 30.7 Å². The summed E-state index contributed by atoms with van der Waals surface area (Å²) in [5.74, 6) is 0.887. The Labute approximate surface area is 67.3 Å². The van der Waals surface area contributed by atoms with Crippen LogP contribution in [0.1, 0.15) is 12.5 Å². The summed E-state index contributed by atoms with van der Waals surface area (Å²) in [6.45, 7) is 1.88. The molecule has 1 aromatic rings. The minimum absolute atomic E-state index is 0.887. The molecule has 0 heterocycles. The molecule has 0 atom stereocenters. The molecule has 0 N–H and O–H groups in total. The quantitative estimate of drug-likeness (QED) is 0.624. The zero-order valence-electron chi connectivity index (χ0n) is 6.79. The Balaban J connectivity index is 2.82. The third-order valence-corrected chi connectivity index (χ3v) is 1.43. The summed E-state index contributed by atoms with van der Waals surface area (Å²) in [7, 11) is 1.66. The lowest BCUT2D eigenvalue weighted by atomic mass is 10.2. The van der Waals surface area contributed by atoms with Gasteiger partial charge in [0.25, 0.3) is 0 Å². The number of allylic oxidation sites excluding steroid dienone is 1. The van der Waals surface area contributed by atoms with E-state index in [0.29, 0.717) is 0 Å². The van der Waals surface area contributed by atoms with E-state index < -0.39 is 0 Å². The van der Waals surface area contributed by atoms with Crippen LogP contribution in [0.4, 0.5) is 0 Å². The molecule has 1 radical (unpaired) electrons. The highest BCUT2D eigenvalue weighted by molar-refractivity contribution is 5.48. The molecule has 0 fully saturated rings. The van der Waals surface area contributed by atoms with Crippen LogP contribution in [0, 0.1) is 6.08 Å². The van der Waals surface area contributed by atoms with Gasteiger partial charge in [-0.3, -0.25) is 0 Å². The van der Waals surface area contributed by atoms with Crippen molar-refractivity contribution in [3.05, 3.63) is 35.9 Å². The average Bonchev–Trinajstić information content (AvgIpc) is 2.07. The standard InChI is InChI=1S/C10H11O/c1-3-4-9-5-7-10(11-2)8-6-9/h4-8H,1-2H3. The van der Waals surface area contributed by atoms with Crippen molar-refractivity contribution in [3.63, 3.8) is 0 Å². The highest BCUT2D eigenvalue weighted by atomic mass is 16.5. The molecule has 0 saturated carbocycles. The van der Waals surface area contributed by atoms with E-state index >= 15 is 0 Å². The number of methoxy groups -OCH3 is 1. The minimum atomic E-state index is 0.887.